The molecule has 0 N–H and O–H groups in total. The van der Waals surface area contributed by atoms with Crippen molar-refractivity contribution in [2.24, 2.45) is 0 Å². The Morgan fingerprint density at radius 3 is 2.38 bits per heavy atom. The van der Waals surface area contributed by atoms with E-state index in [1.165, 1.54) is 12.1 Å². The lowest BCUT2D eigenvalue weighted by molar-refractivity contribution is -0.145. The molecule has 21 heavy (non-hydrogen) atoms. The summed E-state index contributed by atoms with van der Waals surface area (Å²) in [5.74, 6) is -1.05. The van der Waals surface area contributed by atoms with Crippen LogP contribution in [0.5, 0.6) is 0 Å². The molecule has 0 amide bonds. The number of carbonyl (C=O) groups excluding carboxylic acids is 1. The highest BCUT2D eigenvalue weighted by atomic mass is 32.2. The molecule has 0 saturated carbocycles. The molecule has 0 fully saturated rings. The Kier molecular flexibility index (Phi) is 4.96. The van der Waals surface area contributed by atoms with E-state index in [9.17, 15) is 13.6 Å². The van der Waals surface area contributed by atoms with Gasteiger partial charge in [-0.05, 0) is 24.6 Å². The summed E-state index contributed by atoms with van der Waals surface area (Å²) in [6.07, 6.45) is 0. The minimum atomic E-state index is -2.31. The molecular formula is C16H14F2O2S. The van der Waals surface area contributed by atoms with E-state index in [4.69, 9.17) is 4.18 Å². The second kappa shape index (κ2) is 6.72. The predicted octanol–water partition coefficient (Wildman–Crippen LogP) is 4.40. The van der Waals surface area contributed by atoms with Crippen LogP contribution in [0.1, 0.15) is 18.1 Å². The van der Waals surface area contributed by atoms with Crippen LogP contribution in [0.25, 0.3) is 0 Å². The number of carbonyl (C=O) groups is 1. The van der Waals surface area contributed by atoms with Crippen molar-refractivity contribution < 1.29 is 17.8 Å². The van der Waals surface area contributed by atoms with E-state index >= 15 is 0 Å². The quantitative estimate of drug-likeness (QED) is 0.766. The molecule has 2 rings (SSSR count). The third kappa shape index (κ3) is 4.04. The third-order valence-electron chi connectivity index (χ3n) is 2.97. The second-order valence-electron chi connectivity index (χ2n) is 4.63. The summed E-state index contributed by atoms with van der Waals surface area (Å²) in [4.78, 5) is 11.8. The topological polar surface area (TPSA) is 26.3 Å². The van der Waals surface area contributed by atoms with Gasteiger partial charge in [-0.1, -0.05) is 42.5 Å². The van der Waals surface area contributed by atoms with E-state index in [0.29, 0.717) is 5.75 Å². The van der Waals surface area contributed by atoms with Crippen LogP contribution in [0.2, 0.25) is 0 Å². The summed E-state index contributed by atoms with van der Waals surface area (Å²) in [5.41, 5.74) is -1.27. The molecule has 0 aromatic heterocycles. The van der Waals surface area contributed by atoms with Crippen LogP contribution in [0.15, 0.2) is 54.6 Å². The summed E-state index contributed by atoms with van der Waals surface area (Å²) in [7, 11) is 0. The first-order chi connectivity index (χ1) is 10.00. The Balaban J connectivity index is 1.94. The van der Waals surface area contributed by atoms with Crippen molar-refractivity contribution in [1.29, 1.82) is 0 Å². The lowest BCUT2D eigenvalue weighted by atomic mass is 9.98. The van der Waals surface area contributed by atoms with E-state index in [0.717, 1.165) is 36.7 Å². The third-order valence-corrected chi connectivity index (χ3v) is 3.69. The molecule has 0 aliphatic rings. The van der Waals surface area contributed by atoms with Crippen molar-refractivity contribution in [2.75, 3.05) is 0 Å². The molecule has 110 valence electrons. The zero-order valence-corrected chi connectivity index (χ0v) is 12.2. The van der Waals surface area contributed by atoms with Crippen LogP contribution >= 0.6 is 12.0 Å². The van der Waals surface area contributed by atoms with E-state index in [1.807, 2.05) is 30.3 Å². The fraction of sp³-hybridized carbons (Fsp3) is 0.188. The van der Waals surface area contributed by atoms with Crippen molar-refractivity contribution in [3.63, 3.8) is 0 Å². The van der Waals surface area contributed by atoms with E-state index in [-0.39, 0.29) is 5.56 Å². The number of hydrogen-bond donors (Lipinski definition) is 0. The van der Waals surface area contributed by atoms with Gasteiger partial charge in [0.25, 0.3) is 0 Å². The van der Waals surface area contributed by atoms with Crippen molar-refractivity contribution in [2.45, 2.75) is 18.3 Å². The fourth-order valence-corrected chi connectivity index (χ4v) is 2.34. The second-order valence-corrected chi connectivity index (χ2v) is 5.32. The van der Waals surface area contributed by atoms with Crippen molar-refractivity contribution in [3.05, 3.63) is 71.5 Å². The molecule has 1 unspecified atom stereocenters. The lowest BCUT2D eigenvalue weighted by Crippen LogP contribution is -2.28. The van der Waals surface area contributed by atoms with Gasteiger partial charge in [-0.25, -0.2) is 13.6 Å². The van der Waals surface area contributed by atoms with E-state index in [1.54, 1.807) is 0 Å². The molecule has 0 heterocycles. The van der Waals surface area contributed by atoms with Gasteiger partial charge in [0.15, 0.2) is 0 Å². The Bertz CT molecular complexity index is 597. The zero-order valence-electron chi connectivity index (χ0n) is 11.4. The molecule has 0 saturated heterocycles. The molecular weight excluding hydrogens is 294 g/mol. The van der Waals surface area contributed by atoms with Gasteiger partial charge in [0, 0.05) is 5.56 Å². The maximum Gasteiger partial charge on any atom is 0.360 e. The first-order valence-electron chi connectivity index (χ1n) is 6.33. The van der Waals surface area contributed by atoms with Gasteiger partial charge in [-0.2, -0.15) is 0 Å². The van der Waals surface area contributed by atoms with E-state index < -0.39 is 17.5 Å². The maximum atomic E-state index is 14.5. The minimum Gasteiger partial charge on any atom is -0.388 e. The molecule has 1 atom stereocenters. The number of rotatable bonds is 5. The smallest absolute Gasteiger partial charge is 0.360 e. The largest absolute Gasteiger partial charge is 0.388 e. The molecule has 5 heteroatoms. The van der Waals surface area contributed by atoms with Gasteiger partial charge >= 0.3 is 5.97 Å². The number of alkyl halides is 1. The van der Waals surface area contributed by atoms with Crippen molar-refractivity contribution in [1.82, 2.24) is 0 Å². The first-order valence-corrected chi connectivity index (χ1v) is 7.24. The molecule has 0 bridgehead atoms. The Labute approximate surface area is 126 Å². The maximum absolute atomic E-state index is 14.5. The first kappa shape index (κ1) is 15.5. The Morgan fingerprint density at radius 1 is 1.14 bits per heavy atom. The Hall–Kier alpha value is -1.88. The van der Waals surface area contributed by atoms with Gasteiger partial charge in [-0.15, -0.1) is 0 Å². The van der Waals surface area contributed by atoms with Gasteiger partial charge in [0.2, 0.25) is 5.67 Å². The summed E-state index contributed by atoms with van der Waals surface area (Å²) >= 11 is 0.876. The summed E-state index contributed by atoms with van der Waals surface area (Å²) in [5, 5.41) is 0. The molecule has 2 aromatic carbocycles. The highest BCUT2D eigenvalue weighted by Gasteiger charge is 2.37. The normalized spacial score (nSPS) is 13.5. The van der Waals surface area contributed by atoms with Gasteiger partial charge in [0.05, 0.1) is 17.8 Å². The standard InChI is InChI=1S/C16H14F2O2S/c1-16(18,13-7-9-14(17)10-8-13)15(19)20-21-11-12-5-3-2-4-6-12/h2-10H,11H2,1H3. The van der Waals surface area contributed by atoms with Crippen LogP contribution < -0.4 is 0 Å². The number of benzene rings is 2. The molecule has 0 spiro atoms. The van der Waals surface area contributed by atoms with Crippen molar-refractivity contribution in [3.8, 4) is 0 Å². The molecule has 0 aliphatic heterocycles. The monoisotopic (exact) mass is 308 g/mol. The number of hydrogen-bond acceptors (Lipinski definition) is 3. The van der Waals surface area contributed by atoms with Crippen LogP contribution in [-0.2, 0) is 20.4 Å². The fourth-order valence-electron chi connectivity index (χ4n) is 1.68. The van der Waals surface area contributed by atoms with Gasteiger partial charge in [0.1, 0.15) is 5.82 Å². The van der Waals surface area contributed by atoms with Crippen molar-refractivity contribution >= 4 is 18.0 Å². The average Bonchev–Trinajstić information content (AvgIpc) is 2.48. The molecule has 0 radical (unpaired) electrons. The van der Waals surface area contributed by atoms with Gasteiger partial charge < -0.3 is 4.18 Å². The lowest BCUT2D eigenvalue weighted by Gasteiger charge is -2.18. The highest BCUT2D eigenvalue weighted by molar-refractivity contribution is 7.94. The van der Waals surface area contributed by atoms with Crippen LogP contribution in [0.4, 0.5) is 8.78 Å². The van der Waals surface area contributed by atoms with Crippen LogP contribution in [-0.4, -0.2) is 5.97 Å². The van der Waals surface area contributed by atoms with Gasteiger partial charge in [-0.3, -0.25) is 0 Å². The SMILES string of the molecule is CC(F)(C(=O)OSCc1ccccc1)c1ccc(F)cc1. The molecule has 0 aliphatic carbocycles. The summed E-state index contributed by atoms with van der Waals surface area (Å²) < 4.78 is 32.2. The Morgan fingerprint density at radius 2 is 1.76 bits per heavy atom. The zero-order chi connectivity index (χ0) is 15.3. The predicted molar refractivity (Wildman–Crippen MR) is 78.7 cm³/mol. The minimum absolute atomic E-state index is 0.0641. The highest BCUT2D eigenvalue weighted by Crippen LogP contribution is 2.29. The number of halogens is 2. The average molecular weight is 308 g/mol. The summed E-state index contributed by atoms with van der Waals surface area (Å²) in [6.45, 7) is 1.10. The van der Waals surface area contributed by atoms with Crippen LogP contribution in [0.3, 0.4) is 0 Å². The summed E-state index contributed by atoms with van der Waals surface area (Å²) in [6, 6.07) is 14.1. The molecule has 2 nitrogen and oxygen atoms in total. The van der Waals surface area contributed by atoms with Crippen LogP contribution in [0, 0.1) is 5.82 Å². The van der Waals surface area contributed by atoms with E-state index in [2.05, 4.69) is 0 Å². The molecule has 2 aromatic rings.